The van der Waals surface area contributed by atoms with Crippen molar-refractivity contribution in [1.82, 2.24) is 10.6 Å². The first-order chi connectivity index (χ1) is 5.68. The molecule has 6 nitrogen and oxygen atoms in total. The summed E-state index contributed by atoms with van der Waals surface area (Å²) in [6, 6.07) is -0.615. The lowest BCUT2D eigenvalue weighted by molar-refractivity contribution is 0.192. The van der Waals surface area contributed by atoms with Crippen molar-refractivity contribution in [2.24, 2.45) is 5.73 Å². The number of rotatable bonds is 1. The Bertz CT molecular complexity index is 188. The maximum absolute atomic E-state index is 10.3. The van der Waals surface area contributed by atoms with Gasteiger partial charge in [0.2, 0.25) is 0 Å². The molecular weight excluding hydrogens is 160 g/mol. The van der Waals surface area contributed by atoms with Crippen LogP contribution in [0.1, 0.15) is 6.42 Å². The average Bonchev–Trinajstić information content (AvgIpc) is 2.37. The summed E-state index contributed by atoms with van der Waals surface area (Å²) < 4.78 is 5.06. The first kappa shape index (κ1) is 8.79. The maximum atomic E-state index is 10.3. The molecule has 2 amide bonds. The summed E-state index contributed by atoms with van der Waals surface area (Å²) in [6.45, 7) is 1.27. The number of hydrogen-bond donors (Lipinski definition) is 4. The fraction of sp³-hybridized carbons (Fsp3) is 0.667. The summed E-state index contributed by atoms with van der Waals surface area (Å²) in [6.07, 6.45) is 0.850. The number of hydrogen-bond acceptors (Lipinski definition) is 3. The zero-order valence-corrected chi connectivity index (χ0v) is 6.59. The van der Waals surface area contributed by atoms with E-state index in [-0.39, 0.29) is 12.0 Å². The Morgan fingerprint density at radius 2 is 2.42 bits per heavy atom. The molecule has 1 unspecified atom stereocenters. The van der Waals surface area contributed by atoms with E-state index in [1.54, 1.807) is 0 Å². The van der Waals surface area contributed by atoms with Crippen molar-refractivity contribution in [1.29, 1.82) is 5.41 Å². The lowest BCUT2D eigenvalue weighted by atomic mass is 10.3. The SMILES string of the molecule is N=C(NC(N)=O)NC1CCOC1. The van der Waals surface area contributed by atoms with Gasteiger partial charge in [-0.1, -0.05) is 0 Å². The lowest BCUT2D eigenvalue weighted by Gasteiger charge is -2.11. The van der Waals surface area contributed by atoms with Gasteiger partial charge in [-0.25, -0.2) is 4.79 Å². The van der Waals surface area contributed by atoms with Gasteiger partial charge in [-0.3, -0.25) is 10.7 Å². The molecule has 1 fully saturated rings. The molecule has 1 aliphatic rings. The van der Waals surface area contributed by atoms with Crippen molar-refractivity contribution in [3.63, 3.8) is 0 Å². The number of nitrogens with two attached hydrogens (primary N) is 1. The molecule has 0 saturated carbocycles. The second kappa shape index (κ2) is 3.91. The molecule has 1 aliphatic heterocycles. The molecule has 0 spiro atoms. The predicted octanol–water partition coefficient (Wildman–Crippen LogP) is -1.03. The molecule has 6 heteroatoms. The minimum Gasteiger partial charge on any atom is -0.379 e. The summed E-state index contributed by atoms with van der Waals surface area (Å²) >= 11 is 0. The van der Waals surface area contributed by atoms with Crippen molar-refractivity contribution in [3.8, 4) is 0 Å². The van der Waals surface area contributed by atoms with Gasteiger partial charge in [0.1, 0.15) is 0 Å². The van der Waals surface area contributed by atoms with Crippen molar-refractivity contribution in [2.75, 3.05) is 13.2 Å². The van der Waals surface area contributed by atoms with Gasteiger partial charge in [0.25, 0.3) is 0 Å². The number of carbonyl (C=O) groups is 1. The van der Waals surface area contributed by atoms with E-state index in [2.05, 4.69) is 10.6 Å². The molecule has 0 bridgehead atoms. The molecular formula is C6H12N4O2. The molecule has 0 aliphatic carbocycles. The molecule has 1 rings (SSSR count). The Morgan fingerprint density at radius 1 is 1.67 bits per heavy atom. The molecule has 12 heavy (non-hydrogen) atoms. The van der Waals surface area contributed by atoms with Crippen LogP contribution >= 0.6 is 0 Å². The standard InChI is InChI=1S/C6H12N4O2/c7-5(10-6(8)11)9-4-1-2-12-3-4/h4H,1-3H2,(H5,7,8,9,10,11). The highest BCUT2D eigenvalue weighted by atomic mass is 16.5. The summed E-state index contributed by atoms with van der Waals surface area (Å²) in [5.41, 5.74) is 4.81. The highest BCUT2D eigenvalue weighted by Gasteiger charge is 2.16. The van der Waals surface area contributed by atoms with Crippen molar-refractivity contribution < 1.29 is 9.53 Å². The van der Waals surface area contributed by atoms with E-state index in [9.17, 15) is 4.79 Å². The van der Waals surface area contributed by atoms with Crippen LogP contribution in [-0.2, 0) is 4.74 Å². The van der Waals surface area contributed by atoms with Crippen LogP contribution in [0.4, 0.5) is 4.79 Å². The van der Waals surface area contributed by atoms with E-state index in [0.29, 0.717) is 13.2 Å². The van der Waals surface area contributed by atoms with Gasteiger partial charge in [0, 0.05) is 6.61 Å². The topological polar surface area (TPSA) is 100 Å². The van der Waals surface area contributed by atoms with E-state index in [1.807, 2.05) is 0 Å². The molecule has 1 atom stereocenters. The zero-order valence-electron chi connectivity index (χ0n) is 6.59. The average molecular weight is 172 g/mol. The minimum atomic E-state index is -0.730. The number of carbonyl (C=O) groups excluding carboxylic acids is 1. The Balaban J connectivity index is 2.20. The van der Waals surface area contributed by atoms with Gasteiger partial charge in [-0.2, -0.15) is 0 Å². The smallest absolute Gasteiger partial charge is 0.318 e. The summed E-state index contributed by atoms with van der Waals surface area (Å²) in [7, 11) is 0. The molecule has 68 valence electrons. The largest absolute Gasteiger partial charge is 0.379 e. The normalized spacial score (nSPS) is 21.8. The van der Waals surface area contributed by atoms with Crippen LogP contribution in [0.25, 0.3) is 0 Å². The predicted molar refractivity (Wildman–Crippen MR) is 42.8 cm³/mol. The Labute approximate surface area is 70.0 Å². The quantitative estimate of drug-likeness (QED) is 0.300. The third-order valence-electron chi connectivity index (χ3n) is 1.53. The van der Waals surface area contributed by atoms with Crippen LogP contribution in [0, 0.1) is 5.41 Å². The second-order valence-corrected chi connectivity index (χ2v) is 2.57. The van der Waals surface area contributed by atoms with Crippen molar-refractivity contribution in [2.45, 2.75) is 12.5 Å². The minimum absolute atomic E-state index is 0.0713. The zero-order chi connectivity index (χ0) is 8.97. The van der Waals surface area contributed by atoms with Gasteiger partial charge < -0.3 is 15.8 Å². The fourth-order valence-corrected chi connectivity index (χ4v) is 1.01. The van der Waals surface area contributed by atoms with E-state index in [4.69, 9.17) is 15.9 Å². The molecule has 1 heterocycles. The highest BCUT2D eigenvalue weighted by molar-refractivity contribution is 5.93. The molecule has 1 saturated heterocycles. The van der Waals surface area contributed by atoms with Crippen molar-refractivity contribution in [3.05, 3.63) is 0 Å². The van der Waals surface area contributed by atoms with Crippen LogP contribution in [0.3, 0.4) is 0 Å². The van der Waals surface area contributed by atoms with E-state index in [1.165, 1.54) is 0 Å². The van der Waals surface area contributed by atoms with Gasteiger partial charge in [0.15, 0.2) is 5.96 Å². The van der Waals surface area contributed by atoms with Gasteiger partial charge in [-0.15, -0.1) is 0 Å². The third kappa shape index (κ3) is 2.75. The Kier molecular flexibility index (Phi) is 2.87. The highest BCUT2D eigenvalue weighted by Crippen LogP contribution is 2.01. The van der Waals surface area contributed by atoms with E-state index in [0.717, 1.165) is 6.42 Å². The Morgan fingerprint density at radius 3 is 2.92 bits per heavy atom. The number of nitrogens with one attached hydrogen (secondary N) is 3. The van der Waals surface area contributed by atoms with Crippen molar-refractivity contribution >= 4 is 12.0 Å². The summed E-state index contributed by atoms with van der Waals surface area (Å²) in [5, 5.41) is 12.1. The van der Waals surface area contributed by atoms with Crippen LogP contribution in [0.5, 0.6) is 0 Å². The molecule has 0 radical (unpaired) electrons. The molecule has 0 aromatic heterocycles. The number of primary amides is 1. The number of ether oxygens (including phenoxy) is 1. The fourth-order valence-electron chi connectivity index (χ4n) is 1.01. The third-order valence-corrected chi connectivity index (χ3v) is 1.53. The maximum Gasteiger partial charge on any atom is 0.318 e. The first-order valence-corrected chi connectivity index (χ1v) is 3.68. The summed E-state index contributed by atoms with van der Waals surface area (Å²) in [4.78, 5) is 10.3. The number of amides is 2. The molecule has 0 aromatic carbocycles. The van der Waals surface area contributed by atoms with Gasteiger partial charge in [0.05, 0.1) is 12.6 Å². The van der Waals surface area contributed by atoms with E-state index < -0.39 is 6.03 Å². The number of urea groups is 1. The van der Waals surface area contributed by atoms with Gasteiger partial charge in [-0.05, 0) is 6.42 Å². The molecule has 5 N–H and O–H groups in total. The van der Waals surface area contributed by atoms with Crippen LogP contribution in [-0.4, -0.2) is 31.2 Å². The summed E-state index contributed by atoms with van der Waals surface area (Å²) in [5.74, 6) is -0.0713. The first-order valence-electron chi connectivity index (χ1n) is 3.68. The van der Waals surface area contributed by atoms with Crippen LogP contribution < -0.4 is 16.4 Å². The lowest BCUT2D eigenvalue weighted by Crippen LogP contribution is -2.47. The van der Waals surface area contributed by atoms with Crippen LogP contribution in [0.15, 0.2) is 0 Å². The number of guanidine groups is 1. The van der Waals surface area contributed by atoms with E-state index >= 15 is 0 Å². The second-order valence-electron chi connectivity index (χ2n) is 2.57. The monoisotopic (exact) mass is 172 g/mol. The Hall–Kier alpha value is -1.30. The van der Waals surface area contributed by atoms with Gasteiger partial charge >= 0.3 is 6.03 Å². The molecule has 0 aromatic rings. The van der Waals surface area contributed by atoms with Crippen LogP contribution in [0.2, 0.25) is 0 Å².